The van der Waals surface area contributed by atoms with Gasteiger partial charge in [-0.05, 0) is 25.0 Å². The molecule has 15 heavy (non-hydrogen) atoms. The summed E-state index contributed by atoms with van der Waals surface area (Å²) in [7, 11) is 0. The highest BCUT2D eigenvalue weighted by molar-refractivity contribution is 6.20. The van der Waals surface area contributed by atoms with Gasteiger partial charge in [-0.1, -0.05) is 6.08 Å². The van der Waals surface area contributed by atoms with Gasteiger partial charge in [0, 0.05) is 6.42 Å². The van der Waals surface area contributed by atoms with Crippen LogP contribution in [0.25, 0.3) is 0 Å². The maximum atomic E-state index is 11.4. The first-order chi connectivity index (χ1) is 7.20. The monoisotopic (exact) mass is 208 g/mol. The van der Waals surface area contributed by atoms with Crippen molar-refractivity contribution in [2.75, 3.05) is 6.61 Å². The van der Waals surface area contributed by atoms with Crippen molar-refractivity contribution < 1.29 is 19.1 Å². The third-order valence-electron chi connectivity index (χ3n) is 2.08. The SMILES string of the molecule is CCOC(=O)C1=C(/C=C/C=O)CCC1=O. The quantitative estimate of drug-likeness (QED) is 0.299. The number of aldehydes is 1. The number of hydrogen-bond acceptors (Lipinski definition) is 4. The Morgan fingerprint density at radius 3 is 2.80 bits per heavy atom. The second kappa shape index (κ2) is 5.24. The summed E-state index contributed by atoms with van der Waals surface area (Å²) in [6.07, 6.45) is 4.18. The predicted molar refractivity (Wildman–Crippen MR) is 53.1 cm³/mol. The summed E-state index contributed by atoms with van der Waals surface area (Å²) < 4.78 is 4.77. The first kappa shape index (κ1) is 11.4. The molecule has 1 aliphatic carbocycles. The van der Waals surface area contributed by atoms with Crippen LogP contribution in [-0.4, -0.2) is 24.6 Å². The average Bonchev–Trinajstić information content (AvgIpc) is 2.57. The lowest BCUT2D eigenvalue weighted by atomic mass is 10.1. The molecule has 1 aliphatic rings. The molecule has 0 atom stereocenters. The van der Waals surface area contributed by atoms with Crippen LogP contribution in [0.1, 0.15) is 19.8 Å². The highest BCUT2D eigenvalue weighted by Gasteiger charge is 2.28. The minimum atomic E-state index is -0.592. The minimum Gasteiger partial charge on any atom is -0.462 e. The highest BCUT2D eigenvalue weighted by Crippen LogP contribution is 2.24. The lowest BCUT2D eigenvalue weighted by Gasteiger charge is -2.02. The Labute approximate surface area is 87.6 Å². The van der Waals surface area contributed by atoms with Crippen molar-refractivity contribution in [3.05, 3.63) is 23.3 Å². The van der Waals surface area contributed by atoms with E-state index in [1.165, 1.54) is 12.2 Å². The summed E-state index contributed by atoms with van der Waals surface area (Å²) in [6, 6.07) is 0. The maximum Gasteiger partial charge on any atom is 0.342 e. The molecule has 0 unspecified atom stereocenters. The van der Waals surface area contributed by atoms with Crippen LogP contribution in [0.4, 0.5) is 0 Å². The smallest absolute Gasteiger partial charge is 0.342 e. The molecule has 0 aromatic heterocycles. The number of hydrogen-bond donors (Lipinski definition) is 0. The number of ketones is 1. The van der Waals surface area contributed by atoms with Gasteiger partial charge in [0.05, 0.1) is 6.61 Å². The van der Waals surface area contributed by atoms with Crippen LogP contribution in [0.5, 0.6) is 0 Å². The molecular weight excluding hydrogens is 196 g/mol. The molecule has 0 fully saturated rings. The fourth-order valence-electron chi connectivity index (χ4n) is 1.45. The first-order valence-electron chi connectivity index (χ1n) is 4.76. The van der Waals surface area contributed by atoms with Crippen LogP contribution >= 0.6 is 0 Å². The molecule has 0 amide bonds. The topological polar surface area (TPSA) is 60.4 Å². The van der Waals surface area contributed by atoms with E-state index in [2.05, 4.69) is 0 Å². The molecule has 0 heterocycles. The van der Waals surface area contributed by atoms with Gasteiger partial charge in [0.2, 0.25) is 0 Å². The summed E-state index contributed by atoms with van der Waals surface area (Å²) in [6.45, 7) is 1.92. The van der Waals surface area contributed by atoms with E-state index in [0.717, 1.165) is 0 Å². The van der Waals surface area contributed by atoms with Gasteiger partial charge in [-0.3, -0.25) is 9.59 Å². The maximum absolute atomic E-state index is 11.4. The first-order valence-corrected chi connectivity index (χ1v) is 4.76. The Kier molecular flexibility index (Phi) is 3.97. The molecule has 0 spiro atoms. The van der Waals surface area contributed by atoms with Gasteiger partial charge in [-0.25, -0.2) is 4.79 Å². The van der Waals surface area contributed by atoms with Gasteiger partial charge in [-0.2, -0.15) is 0 Å². The Bertz CT molecular complexity index is 350. The van der Waals surface area contributed by atoms with Gasteiger partial charge < -0.3 is 4.74 Å². The van der Waals surface area contributed by atoms with E-state index < -0.39 is 5.97 Å². The standard InChI is InChI=1S/C11H12O4/c1-2-15-11(14)10-8(4-3-7-12)5-6-9(10)13/h3-4,7H,2,5-6H2,1H3/b4-3+. The summed E-state index contributed by atoms with van der Waals surface area (Å²) in [5, 5.41) is 0. The molecule has 0 saturated heterocycles. The van der Waals surface area contributed by atoms with Crippen molar-refractivity contribution >= 4 is 18.0 Å². The lowest BCUT2D eigenvalue weighted by molar-refractivity contribution is -0.139. The van der Waals surface area contributed by atoms with Crippen molar-refractivity contribution in [2.24, 2.45) is 0 Å². The van der Waals surface area contributed by atoms with Gasteiger partial charge >= 0.3 is 5.97 Å². The molecule has 0 aliphatic heterocycles. The fraction of sp³-hybridized carbons (Fsp3) is 0.364. The van der Waals surface area contributed by atoms with E-state index in [1.807, 2.05) is 0 Å². The number of allylic oxidation sites excluding steroid dienone is 3. The van der Waals surface area contributed by atoms with Crippen LogP contribution in [0.2, 0.25) is 0 Å². The van der Waals surface area contributed by atoms with Crippen LogP contribution in [0, 0.1) is 0 Å². The van der Waals surface area contributed by atoms with Crippen LogP contribution < -0.4 is 0 Å². The molecule has 80 valence electrons. The molecule has 1 rings (SSSR count). The number of carbonyl (C=O) groups is 3. The Morgan fingerprint density at radius 2 is 2.20 bits per heavy atom. The molecular formula is C11H12O4. The minimum absolute atomic E-state index is 0.0925. The van der Waals surface area contributed by atoms with E-state index >= 15 is 0 Å². The number of rotatable bonds is 4. The Balaban J connectivity index is 2.95. The van der Waals surface area contributed by atoms with Crippen LogP contribution in [-0.2, 0) is 19.1 Å². The molecule has 0 aromatic carbocycles. The summed E-state index contributed by atoms with van der Waals surface area (Å²) in [5.41, 5.74) is 0.681. The molecule has 4 heteroatoms. The van der Waals surface area contributed by atoms with E-state index in [1.54, 1.807) is 6.92 Å². The van der Waals surface area contributed by atoms with Gasteiger partial charge in [0.1, 0.15) is 11.9 Å². The Morgan fingerprint density at radius 1 is 1.47 bits per heavy atom. The molecule has 0 aromatic rings. The second-order valence-electron chi connectivity index (χ2n) is 3.04. The van der Waals surface area contributed by atoms with Gasteiger partial charge in [-0.15, -0.1) is 0 Å². The third-order valence-corrected chi connectivity index (χ3v) is 2.08. The zero-order chi connectivity index (χ0) is 11.3. The summed E-state index contributed by atoms with van der Waals surface area (Å²) >= 11 is 0. The zero-order valence-corrected chi connectivity index (χ0v) is 8.49. The molecule has 4 nitrogen and oxygen atoms in total. The van der Waals surface area contributed by atoms with Crippen LogP contribution in [0.15, 0.2) is 23.3 Å². The molecule has 0 saturated carbocycles. The van der Waals surface area contributed by atoms with E-state index in [9.17, 15) is 14.4 Å². The molecule has 0 bridgehead atoms. The predicted octanol–water partition coefficient (Wildman–Crippen LogP) is 0.964. The molecule has 0 N–H and O–H groups in total. The van der Waals surface area contributed by atoms with Crippen LogP contribution in [0.3, 0.4) is 0 Å². The number of Topliss-reactive ketones (excluding diaryl/α,β-unsaturated/α-hetero) is 1. The fourth-order valence-corrected chi connectivity index (χ4v) is 1.45. The number of ether oxygens (including phenoxy) is 1. The van der Waals surface area contributed by atoms with Gasteiger partial charge in [0.25, 0.3) is 0 Å². The molecule has 0 radical (unpaired) electrons. The van der Waals surface area contributed by atoms with Crippen molar-refractivity contribution in [3.8, 4) is 0 Å². The normalized spacial score (nSPS) is 16.2. The van der Waals surface area contributed by atoms with E-state index in [0.29, 0.717) is 24.7 Å². The van der Waals surface area contributed by atoms with Gasteiger partial charge in [0.15, 0.2) is 5.78 Å². The van der Waals surface area contributed by atoms with E-state index in [-0.39, 0.29) is 18.0 Å². The number of carbonyl (C=O) groups excluding carboxylic acids is 3. The summed E-state index contributed by atoms with van der Waals surface area (Å²) in [4.78, 5) is 32.9. The van der Waals surface area contributed by atoms with Crippen molar-refractivity contribution in [2.45, 2.75) is 19.8 Å². The number of esters is 1. The zero-order valence-electron chi connectivity index (χ0n) is 8.49. The van der Waals surface area contributed by atoms with Crippen molar-refractivity contribution in [1.82, 2.24) is 0 Å². The largest absolute Gasteiger partial charge is 0.462 e. The lowest BCUT2D eigenvalue weighted by Crippen LogP contribution is -2.13. The highest BCUT2D eigenvalue weighted by atomic mass is 16.5. The third kappa shape index (κ3) is 2.62. The summed E-state index contributed by atoms with van der Waals surface area (Å²) in [5.74, 6) is -0.801. The second-order valence-corrected chi connectivity index (χ2v) is 3.04. The van der Waals surface area contributed by atoms with Crippen molar-refractivity contribution in [3.63, 3.8) is 0 Å². The van der Waals surface area contributed by atoms with Crippen molar-refractivity contribution in [1.29, 1.82) is 0 Å². The van der Waals surface area contributed by atoms with E-state index in [4.69, 9.17) is 4.74 Å². The average molecular weight is 208 g/mol. The Hall–Kier alpha value is -1.71.